The van der Waals surface area contributed by atoms with Crippen molar-refractivity contribution in [2.75, 3.05) is 11.1 Å². The van der Waals surface area contributed by atoms with Crippen molar-refractivity contribution in [3.63, 3.8) is 0 Å². The lowest BCUT2D eigenvalue weighted by atomic mass is 10.1. The molecule has 10 heteroatoms. The normalized spacial score (nSPS) is 10.8. The van der Waals surface area contributed by atoms with Crippen LogP contribution in [-0.2, 0) is 11.3 Å². The first-order valence-electron chi connectivity index (χ1n) is 11.0. The molecule has 0 saturated carbocycles. The number of carbonyl (C=O) groups is 2. The lowest BCUT2D eigenvalue weighted by Crippen LogP contribution is -2.24. The summed E-state index contributed by atoms with van der Waals surface area (Å²) in [5.41, 5.74) is 4.02. The molecule has 0 bridgehead atoms. The van der Waals surface area contributed by atoms with Gasteiger partial charge in [-0.05, 0) is 85.6 Å². The van der Waals surface area contributed by atoms with E-state index in [0.29, 0.717) is 22.2 Å². The monoisotopic (exact) mass is 567 g/mol. The third-order valence-corrected chi connectivity index (χ3v) is 6.88. The van der Waals surface area contributed by atoms with Gasteiger partial charge in [-0.3, -0.25) is 14.2 Å². The molecule has 1 aromatic heterocycles. The van der Waals surface area contributed by atoms with Crippen LogP contribution in [0.5, 0.6) is 0 Å². The minimum atomic E-state index is -0.373. The van der Waals surface area contributed by atoms with Gasteiger partial charge in [0, 0.05) is 21.4 Å². The first-order chi connectivity index (χ1) is 17.3. The Balaban J connectivity index is 1.50. The summed E-state index contributed by atoms with van der Waals surface area (Å²) >= 11 is 4.65. The maximum Gasteiger partial charge on any atom is 0.251 e. The smallest absolute Gasteiger partial charge is 0.251 e. The van der Waals surface area contributed by atoms with Crippen molar-refractivity contribution >= 4 is 45.2 Å². The summed E-state index contributed by atoms with van der Waals surface area (Å²) in [5.74, 6) is -0.253. The van der Waals surface area contributed by atoms with Gasteiger partial charge >= 0.3 is 0 Å². The number of nitrogens with zero attached hydrogens (tertiary/aromatic N) is 3. The number of aromatic nitrogens is 3. The minimum absolute atomic E-state index is 0.0705. The van der Waals surface area contributed by atoms with Crippen LogP contribution in [0.4, 0.5) is 10.1 Å². The average molecular weight is 568 g/mol. The second-order valence-corrected chi connectivity index (χ2v) is 9.89. The highest BCUT2D eigenvalue weighted by molar-refractivity contribution is 9.10. The summed E-state index contributed by atoms with van der Waals surface area (Å²) < 4.78 is 15.8. The zero-order valence-electron chi connectivity index (χ0n) is 19.6. The average Bonchev–Trinajstić information content (AvgIpc) is 3.27. The SMILES string of the molecule is Cc1ccc(C(=O)NCc2nnc(SCC(=O)Nc3ccc(F)cc3)n2-c2ccc(Br)cc2)cc1C. The topological polar surface area (TPSA) is 88.9 Å². The predicted molar refractivity (Wildman–Crippen MR) is 142 cm³/mol. The molecule has 0 unspecified atom stereocenters. The van der Waals surface area contributed by atoms with Gasteiger partial charge < -0.3 is 10.6 Å². The Bertz CT molecular complexity index is 1390. The number of hydrogen-bond acceptors (Lipinski definition) is 5. The van der Waals surface area contributed by atoms with Crippen LogP contribution in [0.1, 0.15) is 27.3 Å². The predicted octanol–water partition coefficient (Wildman–Crippen LogP) is 5.45. The van der Waals surface area contributed by atoms with Crippen LogP contribution >= 0.6 is 27.7 Å². The molecule has 0 saturated heterocycles. The van der Waals surface area contributed by atoms with Gasteiger partial charge in [0.2, 0.25) is 5.91 Å². The quantitative estimate of drug-likeness (QED) is 0.276. The molecule has 4 aromatic rings. The molecule has 0 spiro atoms. The highest BCUT2D eigenvalue weighted by Gasteiger charge is 2.17. The van der Waals surface area contributed by atoms with Gasteiger partial charge in [0.25, 0.3) is 5.91 Å². The molecule has 0 aliphatic rings. The van der Waals surface area contributed by atoms with Gasteiger partial charge in [-0.25, -0.2) is 4.39 Å². The van der Waals surface area contributed by atoms with Crippen molar-refractivity contribution in [1.82, 2.24) is 20.1 Å². The van der Waals surface area contributed by atoms with E-state index in [0.717, 1.165) is 21.3 Å². The maximum atomic E-state index is 13.1. The van der Waals surface area contributed by atoms with Gasteiger partial charge in [0.05, 0.1) is 12.3 Å². The number of rotatable bonds is 8. The van der Waals surface area contributed by atoms with Crippen LogP contribution in [0.25, 0.3) is 5.69 Å². The van der Waals surface area contributed by atoms with Crippen molar-refractivity contribution in [1.29, 1.82) is 0 Å². The second-order valence-electron chi connectivity index (χ2n) is 8.04. The third-order valence-electron chi connectivity index (χ3n) is 5.42. The van der Waals surface area contributed by atoms with E-state index in [-0.39, 0.29) is 29.9 Å². The van der Waals surface area contributed by atoms with Gasteiger partial charge in [-0.15, -0.1) is 10.2 Å². The first kappa shape index (κ1) is 25.6. The Labute approximate surface area is 220 Å². The number of thioether (sulfide) groups is 1. The lowest BCUT2D eigenvalue weighted by molar-refractivity contribution is -0.113. The molecule has 3 aromatic carbocycles. The lowest BCUT2D eigenvalue weighted by Gasteiger charge is -2.12. The molecule has 0 aliphatic carbocycles. The molecule has 184 valence electrons. The van der Waals surface area contributed by atoms with Crippen LogP contribution < -0.4 is 10.6 Å². The van der Waals surface area contributed by atoms with E-state index in [1.54, 1.807) is 6.07 Å². The molecule has 2 N–H and O–H groups in total. The third kappa shape index (κ3) is 6.38. The summed E-state index contributed by atoms with van der Waals surface area (Å²) in [5, 5.41) is 14.7. The summed E-state index contributed by atoms with van der Waals surface area (Å²) in [7, 11) is 0. The Hall–Kier alpha value is -3.50. The van der Waals surface area contributed by atoms with Crippen molar-refractivity contribution in [2.24, 2.45) is 0 Å². The zero-order chi connectivity index (χ0) is 25.7. The van der Waals surface area contributed by atoms with Crippen LogP contribution in [0.15, 0.2) is 76.4 Å². The number of nitrogens with one attached hydrogen (secondary N) is 2. The van der Waals surface area contributed by atoms with Crippen LogP contribution in [-0.4, -0.2) is 32.3 Å². The first-order valence-corrected chi connectivity index (χ1v) is 12.8. The molecule has 7 nitrogen and oxygen atoms in total. The number of carbonyl (C=O) groups excluding carboxylic acids is 2. The molecule has 0 fully saturated rings. The van der Waals surface area contributed by atoms with E-state index in [1.165, 1.54) is 36.0 Å². The fourth-order valence-corrected chi connectivity index (χ4v) is 4.40. The molecule has 36 heavy (non-hydrogen) atoms. The standard InChI is InChI=1S/C26H23BrFN5O2S/c1-16-3-4-18(13-17(16)2)25(35)29-14-23-31-32-26(33(23)22-11-5-19(27)6-12-22)36-15-24(34)30-21-9-7-20(28)8-10-21/h3-13H,14-15H2,1-2H3,(H,29,35)(H,30,34). The minimum Gasteiger partial charge on any atom is -0.345 e. The van der Waals surface area contributed by atoms with Crippen molar-refractivity contribution < 1.29 is 14.0 Å². The maximum absolute atomic E-state index is 13.1. The molecule has 2 amide bonds. The Morgan fingerprint density at radius 1 is 0.972 bits per heavy atom. The van der Waals surface area contributed by atoms with Gasteiger partial charge in [0.15, 0.2) is 11.0 Å². The van der Waals surface area contributed by atoms with Crippen LogP contribution in [0.2, 0.25) is 0 Å². The molecule has 0 aliphatic heterocycles. The summed E-state index contributed by atoms with van der Waals surface area (Å²) in [6.07, 6.45) is 0. The van der Waals surface area contributed by atoms with Crippen molar-refractivity contribution in [2.45, 2.75) is 25.5 Å². The number of halogens is 2. The second kappa shape index (κ2) is 11.5. The number of aryl methyl sites for hydroxylation is 2. The number of amides is 2. The van der Waals surface area contributed by atoms with Gasteiger partial charge in [-0.1, -0.05) is 33.8 Å². The molecule has 0 atom stereocenters. The van der Waals surface area contributed by atoms with Crippen molar-refractivity contribution in [3.8, 4) is 5.69 Å². The number of benzene rings is 3. The molecular formula is C26H23BrFN5O2S. The number of hydrogen-bond donors (Lipinski definition) is 2. The Morgan fingerprint density at radius 2 is 1.69 bits per heavy atom. The summed E-state index contributed by atoms with van der Waals surface area (Å²) in [4.78, 5) is 25.2. The van der Waals surface area contributed by atoms with Gasteiger partial charge in [-0.2, -0.15) is 0 Å². The Kier molecular flexibility index (Phi) is 8.17. The van der Waals surface area contributed by atoms with Crippen molar-refractivity contribution in [3.05, 3.63) is 99.5 Å². The van der Waals surface area contributed by atoms with E-state index < -0.39 is 0 Å². The Morgan fingerprint density at radius 3 is 2.39 bits per heavy atom. The van der Waals surface area contributed by atoms with Crippen LogP contribution in [0.3, 0.4) is 0 Å². The highest BCUT2D eigenvalue weighted by atomic mass is 79.9. The fourth-order valence-electron chi connectivity index (χ4n) is 3.36. The summed E-state index contributed by atoms with van der Waals surface area (Å²) in [6, 6.07) is 18.7. The molecular weight excluding hydrogens is 545 g/mol. The highest BCUT2D eigenvalue weighted by Crippen LogP contribution is 2.24. The fraction of sp³-hybridized carbons (Fsp3) is 0.154. The van der Waals surface area contributed by atoms with E-state index >= 15 is 0 Å². The summed E-state index contributed by atoms with van der Waals surface area (Å²) in [6.45, 7) is 4.11. The molecule has 1 heterocycles. The van der Waals surface area contributed by atoms with E-state index in [2.05, 4.69) is 36.8 Å². The van der Waals surface area contributed by atoms with E-state index in [1.807, 2.05) is 54.8 Å². The van der Waals surface area contributed by atoms with Gasteiger partial charge in [0.1, 0.15) is 5.82 Å². The van der Waals surface area contributed by atoms with Crippen LogP contribution in [0, 0.1) is 19.7 Å². The van der Waals surface area contributed by atoms with E-state index in [4.69, 9.17) is 0 Å². The zero-order valence-corrected chi connectivity index (χ0v) is 22.0. The molecule has 0 radical (unpaired) electrons. The molecule has 4 rings (SSSR count). The number of anilines is 1. The van der Waals surface area contributed by atoms with E-state index in [9.17, 15) is 14.0 Å². The largest absolute Gasteiger partial charge is 0.345 e.